The third kappa shape index (κ3) is 43.4. The van der Waals surface area contributed by atoms with Gasteiger partial charge in [0.2, 0.25) is 5.16 Å². The first kappa shape index (κ1) is 46.6. The summed E-state index contributed by atoms with van der Waals surface area (Å²) in [5, 5.41) is -1.71. The van der Waals surface area contributed by atoms with Crippen LogP contribution in [0.25, 0.3) is 0 Å². The highest BCUT2D eigenvalue weighted by Crippen LogP contribution is 2.10. The van der Waals surface area contributed by atoms with Crippen molar-refractivity contribution < 1.29 is 36.7 Å². The maximum Gasteiger partial charge on any atom is 0.312 e. The van der Waals surface area contributed by atoms with Gasteiger partial charge in [-0.3, -0.25) is 23.5 Å². The third-order valence-corrected chi connectivity index (χ3v) is 0.325. The smallest absolute Gasteiger partial charge is 0.269 e. The highest BCUT2D eigenvalue weighted by molar-refractivity contribution is 7.84. The van der Waals surface area contributed by atoms with Crippen LogP contribution < -0.4 is 0 Å². The van der Waals surface area contributed by atoms with E-state index in [0.29, 0.717) is 0 Å². The minimum Gasteiger partial charge on any atom is -0.269 e. The number of rotatable bonds is 0. The van der Waals surface area contributed by atoms with Crippen LogP contribution >= 0.6 is 12.6 Å². The molecule has 0 N–H and O–H groups in total. The lowest BCUT2D eigenvalue weighted by molar-refractivity contribution is 0.395. The number of halogens is 8. The molecule has 0 bridgehead atoms. The summed E-state index contributed by atoms with van der Waals surface area (Å²) in [7, 11) is 0. The second-order valence-corrected chi connectivity index (χ2v) is 0.944. The molecule has 0 saturated carbocycles. The van der Waals surface area contributed by atoms with E-state index in [1.807, 2.05) is 0 Å². The van der Waals surface area contributed by atoms with Crippen molar-refractivity contribution in [3.8, 4) is 0 Å². The summed E-state index contributed by atoms with van der Waals surface area (Å²) in [6.07, 6.45) is -2.38. The molecule has 0 aromatic carbocycles. The van der Waals surface area contributed by atoms with Crippen LogP contribution in [0.5, 0.6) is 0 Å². The van der Waals surface area contributed by atoms with Crippen molar-refractivity contribution >= 4 is 12.6 Å². The average Bonchev–Trinajstić information content (AvgIpc) is 1.36. The number of thiol groups is 1. The predicted molar refractivity (Wildman–Crippen MR) is 31.9 cm³/mol. The summed E-state index contributed by atoms with van der Waals surface area (Å²) in [5.41, 5.74) is 0. The summed E-state index contributed by atoms with van der Waals surface area (Å²) < 4.78 is 32.0. The van der Waals surface area contributed by atoms with Gasteiger partial charge in [-0.05, 0) is 0 Å². The van der Waals surface area contributed by atoms with E-state index in [1.165, 1.54) is 0 Å². The van der Waals surface area contributed by atoms with E-state index >= 15 is 0 Å². The van der Waals surface area contributed by atoms with Gasteiger partial charge in [0.15, 0.2) is 0 Å². The molecule has 9 heteroatoms. The lowest BCUT2D eigenvalue weighted by Crippen LogP contribution is -1.54. The first-order chi connectivity index (χ1) is 2.64. The zero-order valence-corrected chi connectivity index (χ0v) is 5.52. The Morgan fingerprint density at radius 1 is 0.727 bits per heavy atom. The van der Waals surface area contributed by atoms with E-state index in [9.17, 15) is 13.2 Å². The summed E-state index contributed by atoms with van der Waals surface area (Å²) in [6.45, 7) is 0. The van der Waals surface area contributed by atoms with Crippen LogP contribution in [-0.2, 0) is 0 Å². The molecule has 0 nitrogen and oxygen atoms in total. The van der Waals surface area contributed by atoms with Crippen molar-refractivity contribution in [2.45, 2.75) is 0 Å². The fourth-order valence-corrected chi connectivity index (χ4v) is 0. The van der Waals surface area contributed by atoms with Crippen LogP contribution in [0.2, 0.25) is 0 Å². The zero-order chi connectivity index (χ0) is 5.15. The largest absolute Gasteiger partial charge is 0.312 e. The minimum absolute atomic E-state index is 0. The van der Waals surface area contributed by atoms with Gasteiger partial charge < -0.3 is 0 Å². The second-order valence-electron chi connectivity index (χ2n) is 0.551. The lowest BCUT2D eigenvalue weighted by atomic mass is 11.1. The first-order valence-corrected chi connectivity index (χ1v) is 1.49. The van der Waals surface area contributed by atoms with Gasteiger partial charge in [-0.2, -0.15) is 13.2 Å². The van der Waals surface area contributed by atoms with Crippen LogP contribution in [-0.4, -0.2) is 0 Å². The molecule has 0 amide bonds. The summed E-state index contributed by atoms with van der Waals surface area (Å²) in [5.74, 6) is 0. The van der Waals surface area contributed by atoms with Crippen molar-refractivity contribution in [1.29, 1.82) is 0 Å². The fourth-order valence-electron chi connectivity index (χ4n) is 0. The quantitative estimate of drug-likeness (QED) is 0.465. The summed E-state index contributed by atoms with van der Waals surface area (Å²) >= 11 is 2.66. The van der Waals surface area contributed by atoms with Gasteiger partial charge in [-0.25, -0.2) is 0 Å². The molecular weight excluding hydrogens is 208 g/mol. The van der Waals surface area contributed by atoms with E-state index in [0.717, 1.165) is 0 Å². The SMILES string of the molecule is F.F.F.F.F.FC(F)=C(F)S. The Bertz CT molecular complexity index is 62.2. The molecule has 0 radical (unpaired) electrons. The van der Waals surface area contributed by atoms with E-state index < -0.39 is 11.2 Å². The minimum atomic E-state index is -2.38. The zero-order valence-electron chi connectivity index (χ0n) is 4.62. The van der Waals surface area contributed by atoms with Crippen molar-refractivity contribution in [2.75, 3.05) is 0 Å². The normalized spacial score (nSPS) is 4.36. The Kier molecular flexibility index (Phi) is 96.1. The Morgan fingerprint density at radius 3 is 0.818 bits per heavy atom. The Balaban J connectivity index is -0.0000000125. The Morgan fingerprint density at radius 2 is 0.818 bits per heavy atom. The van der Waals surface area contributed by atoms with Crippen LogP contribution in [0.1, 0.15) is 0 Å². The molecular formula is C2H6F8S. The van der Waals surface area contributed by atoms with Gasteiger partial charge in [0.05, 0.1) is 0 Å². The summed E-state index contributed by atoms with van der Waals surface area (Å²) in [6, 6.07) is 0. The van der Waals surface area contributed by atoms with E-state index in [4.69, 9.17) is 0 Å². The molecule has 0 heterocycles. The maximum absolute atomic E-state index is 10.8. The third-order valence-electron chi connectivity index (χ3n) is 0.156. The average molecular weight is 214 g/mol. The van der Waals surface area contributed by atoms with Gasteiger partial charge >= 0.3 is 6.08 Å². The second kappa shape index (κ2) is 22.7. The highest BCUT2D eigenvalue weighted by atomic mass is 32.1. The van der Waals surface area contributed by atoms with Crippen molar-refractivity contribution in [2.24, 2.45) is 0 Å². The molecule has 76 valence electrons. The molecule has 11 heavy (non-hydrogen) atoms. The summed E-state index contributed by atoms with van der Waals surface area (Å²) in [4.78, 5) is 0. The number of hydrogen-bond donors (Lipinski definition) is 1. The molecule has 0 saturated heterocycles. The van der Waals surface area contributed by atoms with E-state index in [2.05, 4.69) is 12.6 Å². The van der Waals surface area contributed by atoms with Crippen molar-refractivity contribution in [3.05, 3.63) is 11.2 Å². The Labute approximate surface area is 61.7 Å². The van der Waals surface area contributed by atoms with Crippen LogP contribution in [0.3, 0.4) is 0 Å². The topological polar surface area (TPSA) is 0 Å². The predicted octanol–water partition coefficient (Wildman–Crippen LogP) is 2.71. The molecule has 0 spiro atoms. The lowest BCUT2D eigenvalue weighted by Gasteiger charge is -1.72. The van der Waals surface area contributed by atoms with Crippen molar-refractivity contribution in [1.82, 2.24) is 0 Å². The van der Waals surface area contributed by atoms with Gasteiger partial charge in [0.25, 0.3) is 0 Å². The van der Waals surface area contributed by atoms with Gasteiger partial charge in [0.1, 0.15) is 0 Å². The van der Waals surface area contributed by atoms with Gasteiger partial charge in [-0.15, -0.1) is 12.6 Å². The van der Waals surface area contributed by atoms with Gasteiger partial charge in [-0.1, -0.05) is 0 Å². The van der Waals surface area contributed by atoms with Crippen LogP contribution in [0.4, 0.5) is 36.7 Å². The molecule has 0 aliphatic rings. The van der Waals surface area contributed by atoms with E-state index in [1.54, 1.807) is 0 Å². The van der Waals surface area contributed by atoms with Crippen LogP contribution in [0.15, 0.2) is 11.2 Å². The standard InChI is InChI=1S/C2HF3S.5FH/c3-1(4)2(5)6;;;;;/h6H;5*1H. The highest BCUT2D eigenvalue weighted by Gasteiger charge is 1.93. The van der Waals surface area contributed by atoms with Crippen LogP contribution in [0, 0.1) is 0 Å². The fraction of sp³-hybridized carbons (Fsp3) is 0. The molecule has 0 aromatic rings. The van der Waals surface area contributed by atoms with E-state index in [-0.39, 0.29) is 23.5 Å². The molecule has 0 aliphatic carbocycles. The van der Waals surface area contributed by atoms with Gasteiger partial charge in [0, 0.05) is 0 Å². The Hall–Kier alpha value is -0.470. The van der Waals surface area contributed by atoms with Crippen molar-refractivity contribution in [3.63, 3.8) is 0 Å². The molecule has 0 aromatic heterocycles. The molecule has 0 unspecified atom stereocenters. The molecule has 0 aliphatic heterocycles. The maximum atomic E-state index is 10.8. The molecule has 0 atom stereocenters. The molecule has 0 fully saturated rings. The molecule has 0 rings (SSSR count). The number of hydrogen-bond acceptors (Lipinski definition) is 1. The monoisotopic (exact) mass is 214 g/mol. The first-order valence-electron chi connectivity index (χ1n) is 1.04.